The minimum absolute atomic E-state index is 0.0100. The number of anilines is 1. The second kappa shape index (κ2) is 6.67. The molecule has 0 saturated carbocycles. The van der Waals surface area contributed by atoms with E-state index in [2.05, 4.69) is 21.2 Å². The van der Waals surface area contributed by atoms with E-state index in [1.165, 1.54) is 30.3 Å². The summed E-state index contributed by atoms with van der Waals surface area (Å²) < 4.78 is 32.1. The van der Waals surface area contributed by atoms with E-state index in [0.29, 0.717) is 15.7 Å². The largest absolute Gasteiger partial charge is 0.481 e. The van der Waals surface area contributed by atoms with Crippen molar-refractivity contribution in [3.8, 4) is 5.75 Å². The van der Waals surface area contributed by atoms with Crippen LogP contribution in [0.25, 0.3) is 0 Å². The van der Waals surface area contributed by atoms with E-state index in [1.54, 1.807) is 13.0 Å². The summed E-state index contributed by atoms with van der Waals surface area (Å²) in [7, 11) is 0. The van der Waals surface area contributed by atoms with E-state index in [-0.39, 0.29) is 18.2 Å². The second-order valence-electron chi connectivity index (χ2n) is 4.37. The Bertz CT molecular complexity index is 677. The Morgan fingerprint density at radius 1 is 1.24 bits per heavy atom. The van der Waals surface area contributed by atoms with Gasteiger partial charge < -0.3 is 10.1 Å². The lowest BCUT2D eigenvalue weighted by molar-refractivity contribution is -0.118. The highest BCUT2D eigenvalue weighted by Crippen LogP contribution is 2.21. The Morgan fingerprint density at radius 2 is 2.00 bits per heavy atom. The van der Waals surface area contributed by atoms with Crippen LogP contribution in [0.4, 0.5) is 14.5 Å². The van der Waals surface area contributed by atoms with Gasteiger partial charge in [0, 0.05) is 10.2 Å². The SMILES string of the molecule is Cc1cc(F)ccc1NC(=O)COc1ccc(Br)cc1F. The fourth-order valence-corrected chi connectivity index (χ4v) is 2.02. The first-order valence-corrected chi connectivity index (χ1v) is 6.89. The zero-order chi connectivity index (χ0) is 15.4. The molecule has 6 heteroatoms. The standard InChI is InChI=1S/C15H12BrF2NO2/c1-9-6-11(17)3-4-13(9)19-15(20)8-21-14-5-2-10(16)7-12(14)18/h2-7H,8H2,1H3,(H,19,20). The lowest BCUT2D eigenvalue weighted by atomic mass is 10.2. The maximum atomic E-state index is 13.5. The third-order valence-corrected chi connectivity index (χ3v) is 3.21. The van der Waals surface area contributed by atoms with Crippen LogP contribution in [0.1, 0.15) is 5.56 Å². The van der Waals surface area contributed by atoms with Crippen LogP contribution < -0.4 is 10.1 Å². The normalized spacial score (nSPS) is 10.3. The molecule has 0 aromatic heterocycles. The van der Waals surface area contributed by atoms with Gasteiger partial charge in [0.25, 0.3) is 5.91 Å². The molecule has 0 unspecified atom stereocenters. The van der Waals surface area contributed by atoms with E-state index in [4.69, 9.17) is 4.74 Å². The minimum atomic E-state index is -0.560. The molecule has 110 valence electrons. The molecule has 0 fully saturated rings. The Hall–Kier alpha value is -1.95. The number of aryl methyl sites for hydroxylation is 1. The Labute approximate surface area is 129 Å². The van der Waals surface area contributed by atoms with Gasteiger partial charge in [-0.15, -0.1) is 0 Å². The van der Waals surface area contributed by atoms with Crippen molar-refractivity contribution in [2.45, 2.75) is 6.92 Å². The predicted octanol–water partition coefficient (Wildman–Crippen LogP) is 4.05. The summed E-state index contributed by atoms with van der Waals surface area (Å²) >= 11 is 3.13. The van der Waals surface area contributed by atoms with E-state index in [1.807, 2.05) is 0 Å². The fraction of sp³-hybridized carbons (Fsp3) is 0.133. The Balaban J connectivity index is 1.96. The van der Waals surface area contributed by atoms with Crippen LogP contribution in [-0.4, -0.2) is 12.5 Å². The molecule has 0 saturated heterocycles. The highest BCUT2D eigenvalue weighted by molar-refractivity contribution is 9.10. The zero-order valence-electron chi connectivity index (χ0n) is 11.1. The van der Waals surface area contributed by atoms with Gasteiger partial charge in [-0.2, -0.15) is 0 Å². The molecule has 3 nitrogen and oxygen atoms in total. The molecule has 0 heterocycles. The number of hydrogen-bond acceptors (Lipinski definition) is 2. The number of carbonyl (C=O) groups is 1. The second-order valence-corrected chi connectivity index (χ2v) is 5.29. The maximum Gasteiger partial charge on any atom is 0.262 e. The van der Waals surface area contributed by atoms with Gasteiger partial charge in [-0.25, -0.2) is 8.78 Å². The van der Waals surface area contributed by atoms with Gasteiger partial charge in [0.15, 0.2) is 18.2 Å². The molecule has 0 spiro atoms. The average molecular weight is 356 g/mol. The molecule has 1 N–H and O–H groups in total. The molecule has 0 atom stereocenters. The number of amides is 1. The number of carbonyl (C=O) groups excluding carboxylic acids is 1. The minimum Gasteiger partial charge on any atom is -0.481 e. The van der Waals surface area contributed by atoms with Crippen LogP contribution in [0, 0.1) is 18.6 Å². The van der Waals surface area contributed by atoms with Crippen LogP contribution in [0.2, 0.25) is 0 Å². The summed E-state index contributed by atoms with van der Waals surface area (Å²) in [4.78, 5) is 11.7. The van der Waals surface area contributed by atoms with Crippen molar-refractivity contribution in [2.24, 2.45) is 0 Å². The van der Waals surface area contributed by atoms with Crippen LogP contribution in [0.5, 0.6) is 5.75 Å². The number of nitrogens with one attached hydrogen (secondary N) is 1. The Kier molecular flexibility index (Phi) is 4.90. The third-order valence-electron chi connectivity index (χ3n) is 2.72. The number of ether oxygens (including phenoxy) is 1. The van der Waals surface area contributed by atoms with E-state index < -0.39 is 11.7 Å². The molecule has 0 aliphatic heterocycles. The topological polar surface area (TPSA) is 38.3 Å². The van der Waals surface area contributed by atoms with Gasteiger partial charge in [-0.05, 0) is 48.9 Å². The fourth-order valence-electron chi connectivity index (χ4n) is 1.69. The number of rotatable bonds is 4. The van der Waals surface area contributed by atoms with Crippen LogP contribution in [0.15, 0.2) is 40.9 Å². The molecule has 21 heavy (non-hydrogen) atoms. The smallest absolute Gasteiger partial charge is 0.262 e. The van der Waals surface area contributed by atoms with Gasteiger partial charge in [0.2, 0.25) is 0 Å². The van der Waals surface area contributed by atoms with Crippen LogP contribution in [-0.2, 0) is 4.79 Å². The van der Waals surface area contributed by atoms with Crippen molar-refractivity contribution in [3.05, 3.63) is 58.1 Å². The highest BCUT2D eigenvalue weighted by atomic mass is 79.9. The van der Waals surface area contributed by atoms with Crippen LogP contribution >= 0.6 is 15.9 Å². The van der Waals surface area contributed by atoms with Crippen molar-refractivity contribution in [2.75, 3.05) is 11.9 Å². The molecule has 2 aromatic carbocycles. The molecular weight excluding hydrogens is 344 g/mol. The number of hydrogen-bond donors (Lipinski definition) is 1. The van der Waals surface area contributed by atoms with Crippen molar-refractivity contribution in [1.82, 2.24) is 0 Å². The van der Waals surface area contributed by atoms with Crippen molar-refractivity contribution >= 4 is 27.5 Å². The molecule has 2 rings (SSSR count). The van der Waals surface area contributed by atoms with Crippen LogP contribution in [0.3, 0.4) is 0 Å². The lowest BCUT2D eigenvalue weighted by Crippen LogP contribution is -2.21. The summed E-state index contributed by atoms with van der Waals surface area (Å²) in [5.74, 6) is -1.40. The molecule has 0 aliphatic rings. The monoisotopic (exact) mass is 355 g/mol. The molecule has 1 amide bonds. The first-order chi connectivity index (χ1) is 9.95. The number of benzene rings is 2. The van der Waals surface area contributed by atoms with Gasteiger partial charge >= 0.3 is 0 Å². The highest BCUT2D eigenvalue weighted by Gasteiger charge is 2.09. The maximum absolute atomic E-state index is 13.5. The first kappa shape index (κ1) is 15.4. The number of halogens is 3. The summed E-state index contributed by atoms with van der Waals surface area (Å²) in [6.07, 6.45) is 0. The summed E-state index contributed by atoms with van der Waals surface area (Å²) in [6.45, 7) is 1.34. The summed E-state index contributed by atoms with van der Waals surface area (Å²) in [5.41, 5.74) is 1.08. The van der Waals surface area contributed by atoms with E-state index in [9.17, 15) is 13.6 Å². The predicted molar refractivity (Wildman–Crippen MR) is 79.4 cm³/mol. The van der Waals surface area contributed by atoms with Crippen molar-refractivity contribution in [1.29, 1.82) is 0 Å². The Morgan fingerprint density at radius 3 is 2.67 bits per heavy atom. The summed E-state index contributed by atoms with van der Waals surface area (Å²) in [6, 6.07) is 8.30. The van der Waals surface area contributed by atoms with Crippen molar-refractivity contribution < 1.29 is 18.3 Å². The molecule has 2 aromatic rings. The van der Waals surface area contributed by atoms with E-state index in [0.717, 1.165) is 0 Å². The van der Waals surface area contributed by atoms with Gasteiger partial charge in [0.1, 0.15) is 5.82 Å². The van der Waals surface area contributed by atoms with Gasteiger partial charge in [0.05, 0.1) is 0 Å². The van der Waals surface area contributed by atoms with Crippen molar-refractivity contribution in [3.63, 3.8) is 0 Å². The lowest BCUT2D eigenvalue weighted by Gasteiger charge is -2.10. The quantitative estimate of drug-likeness (QED) is 0.898. The average Bonchev–Trinajstić information content (AvgIpc) is 2.41. The molecule has 0 radical (unpaired) electrons. The van der Waals surface area contributed by atoms with E-state index >= 15 is 0 Å². The zero-order valence-corrected chi connectivity index (χ0v) is 12.7. The molecule has 0 aliphatic carbocycles. The summed E-state index contributed by atoms with van der Waals surface area (Å²) in [5, 5.41) is 2.58. The van der Waals surface area contributed by atoms with Gasteiger partial charge in [-0.1, -0.05) is 15.9 Å². The van der Waals surface area contributed by atoms with Gasteiger partial charge in [-0.3, -0.25) is 4.79 Å². The third kappa shape index (κ3) is 4.26. The molecule has 0 bridgehead atoms. The molecular formula is C15H12BrF2NO2. The first-order valence-electron chi connectivity index (χ1n) is 6.09.